The summed E-state index contributed by atoms with van der Waals surface area (Å²) in [5, 5.41) is 9.61. The lowest BCUT2D eigenvalue weighted by Gasteiger charge is -2.26. The van der Waals surface area contributed by atoms with Gasteiger partial charge in [0.15, 0.2) is 5.78 Å². The molecule has 0 aliphatic heterocycles. The summed E-state index contributed by atoms with van der Waals surface area (Å²) < 4.78 is 0. The fraction of sp³-hybridized carbons (Fsp3) is 0.750. The fourth-order valence-electron chi connectivity index (χ4n) is 2.01. The molecule has 1 saturated carbocycles. The third kappa shape index (κ3) is 2.37. The highest BCUT2D eigenvalue weighted by Crippen LogP contribution is 2.32. The summed E-state index contributed by atoms with van der Waals surface area (Å²) in [5.41, 5.74) is 0.692. The maximum atomic E-state index is 11.5. The Morgan fingerprint density at radius 1 is 1.57 bits per heavy atom. The Morgan fingerprint density at radius 3 is 2.71 bits per heavy atom. The zero-order valence-electron chi connectivity index (χ0n) is 9.34. The Balaban J connectivity index is 2.79. The van der Waals surface area contributed by atoms with Crippen LogP contribution in [0.5, 0.6) is 0 Å². The zero-order valence-corrected chi connectivity index (χ0v) is 9.34. The molecule has 1 aliphatic carbocycles. The Hall–Kier alpha value is -0.790. The van der Waals surface area contributed by atoms with Gasteiger partial charge in [-0.25, -0.2) is 0 Å². The van der Waals surface area contributed by atoms with Gasteiger partial charge in [-0.1, -0.05) is 20.8 Å². The van der Waals surface area contributed by atoms with E-state index in [1.807, 2.05) is 6.92 Å². The molecule has 1 rings (SSSR count). The van der Waals surface area contributed by atoms with Crippen molar-refractivity contribution in [1.29, 1.82) is 0 Å². The molecule has 1 unspecified atom stereocenters. The first-order valence-corrected chi connectivity index (χ1v) is 5.50. The highest BCUT2D eigenvalue weighted by atomic mass is 16.3. The van der Waals surface area contributed by atoms with Crippen LogP contribution in [0.2, 0.25) is 0 Å². The van der Waals surface area contributed by atoms with Crippen LogP contribution < -0.4 is 0 Å². The van der Waals surface area contributed by atoms with Gasteiger partial charge in [-0.05, 0) is 24.7 Å². The summed E-state index contributed by atoms with van der Waals surface area (Å²) in [6.45, 7) is 6.25. The van der Waals surface area contributed by atoms with Gasteiger partial charge >= 0.3 is 0 Å². The molecule has 1 aliphatic rings. The molecule has 0 amide bonds. The SMILES string of the molecule is CCC(O)=C1CC(C(C)C)CCC1=O. The highest BCUT2D eigenvalue weighted by Gasteiger charge is 2.27. The minimum absolute atomic E-state index is 0.154. The Kier molecular flexibility index (Phi) is 3.73. The second-order valence-electron chi connectivity index (χ2n) is 4.45. The molecule has 2 heteroatoms. The van der Waals surface area contributed by atoms with Crippen molar-refractivity contribution in [3.05, 3.63) is 11.3 Å². The minimum atomic E-state index is 0.154. The predicted molar refractivity (Wildman–Crippen MR) is 57.1 cm³/mol. The average Bonchev–Trinajstić information content (AvgIpc) is 2.17. The molecule has 1 N–H and O–H groups in total. The van der Waals surface area contributed by atoms with Gasteiger partial charge in [0.1, 0.15) is 0 Å². The summed E-state index contributed by atoms with van der Waals surface area (Å²) in [7, 11) is 0. The minimum Gasteiger partial charge on any atom is -0.512 e. The number of Topliss-reactive ketones (excluding diaryl/α,β-unsaturated/α-hetero) is 1. The van der Waals surface area contributed by atoms with E-state index >= 15 is 0 Å². The predicted octanol–water partition coefficient (Wildman–Crippen LogP) is 3.23. The van der Waals surface area contributed by atoms with Crippen LogP contribution >= 0.6 is 0 Å². The molecular formula is C12H20O2. The van der Waals surface area contributed by atoms with Crippen molar-refractivity contribution in [1.82, 2.24) is 0 Å². The fourth-order valence-corrected chi connectivity index (χ4v) is 2.01. The highest BCUT2D eigenvalue weighted by molar-refractivity contribution is 5.96. The first-order chi connectivity index (χ1) is 6.56. The van der Waals surface area contributed by atoms with E-state index < -0.39 is 0 Å². The maximum Gasteiger partial charge on any atom is 0.162 e. The summed E-state index contributed by atoms with van der Waals surface area (Å²) in [6, 6.07) is 0. The van der Waals surface area contributed by atoms with E-state index in [2.05, 4.69) is 13.8 Å². The first kappa shape index (κ1) is 11.3. The van der Waals surface area contributed by atoms with Crippen LogP contribution in [0.4, 0.5) is 0 Å². The van der Waals surface area contributed by atoms with Crippen LogP contribution in [0.1, 0.15) is 46.5 Å². The molecule has 0 aromatic carbocycles. The van der Waals surface area contributed by atoms with Gasteiger partial charge in [0, 0.05) is 18.4 Å². The summed E-state index contributed by atoms with van der Waals surface area (Å²) in [6.07, 6.45) is 2.95. The van der Waals surface area contributed by atoms with E-state index in [9.17, 15) is 9.90 Å². The number of rotatable bonds is 2. The van der Waals surface area contributed by atoms with Gasteiger partial charge in [-0.2, -0.15) is 0 Å². The molecule has 0 heterocycles. The molecule has 0 aromatic rings. The summed E-state index contributed by atoms with van der Waals surface area (Å²) in [4.78, 5) is 11.5. The molecule has 0 bridgehead atoms. The van der Waals surface area contributed by atoms with E-state index in [1.165, 1.54) is 0 Å². The van der Waals surface area contributed by atoms with Crippen molar-refractivity contribution >= 4 is 5.78 Å². The molecule has 0 saturated heterocycles. The second kappa shape index (κ2) is 4.63. The van der Waals surface area contributed by atoms with Gasteiger partial charge in [0.25, 0.3) is 0 Å². The third-order valence-electron chi connectivity index (χ3n) is 3.17. The standard InChI is InChI=1S/C12H20O2/c1-4-11(13)10-7-9(8(2)3)5-6-12(10)14/h8-9,13H,4-7H2,1-3H3. The van der Waals surface area contributed by atoms with Crippen LogP contribution in [0, 0.1) is 11.8 Å². The number of hydrogen-bond donors (Lipinski definition) is 1. The number of aliphatic hydroxyl groups excluding tert-OH is 1. The van der Waals surface area contributed by atoms with Crippen LogP contribution in [-0.4, -0.2) is 10.9 Å². The van der Waals surface area contributed by atoms with Crippen molar-refractivity contribution in [3.8, 4) is 0 Å². The van der Waals surface area contributed by atoms with E-state index in [-0.39, 0.29) is 5.78 Å². The number of aliphatic hydroxyl groups is 1. The van der Waals surface area contributed by atoms with E-state index in [1.54, 1.807) is 0 Å². The largest absolute Gasteiger partial charge is 0.512 e. The van der Waals surface area contributed by atoms with Gasteiger partial charge in [0.2, 0.25) is 0 Å². The second-order valence-corrected chi connectivity index (χ2v) is 4.45. The number of carbonyl (C=O) groups is 1. The van der Waals surface area contributed by atoms with E-state index in [4.69, 9.17) is 0 Å². The van der Waals surface area contributed by atoms with Gasteiger partial charge in [0.05, 0.1) is 5.76 Å². The van der Waals surface area contributed by atoms with Crippen molar-refractivity contribution in [2.75, 3.05) is 0 Å². The Morgan fingerprint density at radius 2 is 2.21 bits per heavy atom. The van der Waals surface area contributed by atoms with Gasteiger partial charge < -0.3 is 5.11 Å². The lowest BCUT2D eigenvalue weighted by atomic mass is 9.78. The number of hydrogen-bond acceptors (Lipinski definition) is 2. The van der Waals surface area contributed by atoms with Crippen LogP contribution in [0.15, 0.2) is 11.3 Å². The van der Waals surface area contributed by atoms with Gasteiger partial charge in [-0.3, -0.25) is 4.79 Å². The number of carbonyl (C=O) groups excluding carboxylic acids is 1. The van der Waals surface area contributed by atoms with Crippen molar-refractivity contribution in [3.63, 3.8) is 0 Å². The molecule has 1 atom stereocenters. The molecular weight excluding hydrogens is 176 g/mol. The van der Waals surface area contributed by atoms with Crippen molar-refractivity contribution in [2.24, 2.45) is 11.8 Å². The van der Waals surface area contributed by atoms with Crippen molar-refractivity contribution in [2.45, 2.75) is 46.5 Å². The maximum absolute atomic E-state index is 11.5. The summed E-state index contributed by atoms with van der Waals surface area (Å²) in [5.74, 6) is 1.63. The van der Waals surface area contributed by atoms with Crippen molar-refractivity contribution < 1.29 is 9.90 Å². The molecule has 80 valence electrons. The topological polar surface area (TPSA) is 37.3 Å². The first-order valence-electron chi connectivity index (χ1n) is 5.50. The Labute approximate surface area is 86.0 Å². The normalized spacial score (nSPS) is 26.9. The molecule has 0 spiro atoms. The lowest BCUT2D eigenvalue weighted by Crippen LogP contribution is -2.22. The summed E-state index contributed by atoms with van der Waals surface area (Å²) >= 11 is 0. The molecule has 0 aromatic heterocycles. The van der Waals surface area contributed by atoms with Crippen LogP contribution in [-0.2, 0) is 4.79 Å². The third-order valence-corrected chi connectivity index (χ3v) is 3.17. The number of ketones is 1. The average molecular weight is 196 g/mol. The smallest absolute Gasteiger partial charge is 0.162 e. The van der Waals surface area contributed by atoms with Crippen LogP contribution in [0.25, 0.3) is 0 Å². The quantitative estimate of drug-likeness (QED) is 0.544. The lowest BCUT2D eigenvalue weighted by molar-refractivity contribution is -0.117. The van der Waals surface area contributed by atoms with Gasteiger partial charge in [-0.15, -0.1) is 0 Å². The van der Waals surface area contributed by atoms with E-state index in [0.29, 0.717) is 36.0 Å². The van der Waals surface area contributed by atoms with E-state index in [0.717, 1.165) is 12.8 Å². The molecule has 1 fully saturated rings. The molecule has 14 heavy (non-hydrogen) atoms. The number of allylic oxidation sites excluding steroid dienone is 2. The monoisotopic (exact) mass is 196 g/mol. The molecule has 2 nitrogen and oxygen atoms in total. The molecule has 0 radical (unpaired) electrons. The zero-order chi connectivity index (χ0) is 10.7. The Bertz CT molecular complexity index is 251. The van der Waals surface area contributed by atoms with Crippen LogP contribution in [0.3, 0.4) is 0 Å².